The topological polar surface area (TPSA) is 84.2 Å². The molecular formula is C16H23ClN4O2S. The number of carbonyl (C=O) groups is 1. The van der Waals surface area contributed by atoms with Gasteiger partial charge in [-0.25, -0.2) is 0 Å². The number of likely N-dealkylation sites (tertiary alicyclic amines) is 1. The zero-order valence-electron chi connectivity index (χ0n) is 13.4. The monoisotopic (exact) mass is 370 g/mol. The third kappa shape index (κ3) is 4.57. The van der Waals surface area contributed by atoms with Crippen LogP contribution in [0.25, 0.3) is 10.6 Å². The first kappa shape index (κ1) is 18.9. The van der Waals surface area contributed by atoms with Crippen LogP contribution >= 0.6 is 23.7 Å². The van der Waals surface area contributed by atoms with Crippen LogP contribution in [0, 0.1) is 0 Å². The molecule has 0 bridgehead atoms. The number of hydrogen-bond acceptors (Lipinski definition) is 5. The summed E-state index contributed by atoms with van der Waals surface area (Å²) in [4.78, 5) is 15.5. The Morgan fingerprint density at radius 3 is 2.92 bits per heavy atom. The van der Waals surface area contributed by atoms with Crippen LogP contribution in [0.1, 0.15) is 29.8 Å². The van der Waals surface area contributed by atoms with E-state index in [0.29, 0.717) is 31.9 Å². The molecule has 2 aromatic heterocycles. The zero-order chi connectivity index (χ0) is 16.1. The van der Waals surface area contributed by atoms with E-state index in [9.17, 15) is 4.79 Å². The fraction of sp³-hybridized carbons (Fsp3) is 0.500. The van der Waals surface area contributed by atoms with Crippen LogP contribution in [-0.4, -0.2) is 53.3 Å². The van der Waals surface area contributed by atoms with Crippen LogP contribution < -0.4 is 5.73 Å². The van der Waals surface area contributed by atoms with Gasteiger partial charge in [-0.15, -0.1) is 23.7 Å². The summed E-state index contributed by atoms with van der Waals surface area (Å²) in [6.45, 7) is 2.79. The highest BCUT2D eigenvalue weighted by atomic mass is 35.5. The number of thiophene rings is 1. The summed E-state index contributed by atoms with van der Waals surface area (Å²) in [7, 11) is 0. The highest BCUT2D eigenvalue weighted by molar-refractivity contribution is 7.13. The number of amides is 1. The van der Waals surface area contributed by atoms with Gasteiger partial charge in [0.05, 0.1) is 16.7 Å². The second-order valence-electron chi connectivity index (χ2n) is 5.65. The van der Waals surface area contributed by atoms with E-state index in [2.05, 4.69) is 10.2 Å². The van der Waals surface area contributed by atoms with Crippen molar-refractivity contribution in [3.8, 4) is 10.6 Å². The van der Waals surface area contributed by atoms with Gasteiger partial charge >= 0.3 is 0 Å². The predicted octanol–water partition coefficient (Wildman–Crippen LogP) is 2.53. The molecule has 0 spiro atoms. The normalized spacial score (nSPS) is 15.3. The second-order valence-corrected chi connectivity index (χ2v) is 6.60. The summed E-state index contributed by atoms with van der Waals surface area (Å²) in [5.74, 6) is -0.00976. The van der Waals surface area contributed by atoms with Crippen molar-refractivity contribution in [3.05, 3.63) is 29.3 Å². The fourth-order valence-electron chi connectivity index (χ4n) is 2.71. The van der Waals surface area contributed by atoms with E-state index in [0.717, 1.165) is 29.8 Å². The Kier molecular flexibility index (Phi) is 7.23. The predicted molar refractivity (Wildman–Crippen MR) is 97.7 cm³/mol. The van der Waals surface area contributed by atoms with Gasteiger partial charge < -0.3 is 15.4 Å². The average Bonchev–Trinajstić information content (AvgIpc) is 3.26. The maximum absolute atomic E-state index is 12.5. The molecule has 0 atom stereocenters. The molecule has 1 aliphatic rings. The molecule has 0 saturated carbocycles. The van der Waals surface area contributed by atoms with Crippen LogP contribution in [0.5, 0.6) is 0 Å². The lowest BCUT2D eigenvalue weighted by Crippen LogP contribution is -2.41. The molecular weight excluding hydrogens is 348 g/mol. The minimum Gasteiger partial charge on any atom is -0.378 e. The number of rotatable bonds is 6. The highest BCUT2D eigenvalue weighted by Crippen LogP contribution is 2.24. The number of halogens is 1. The lowest BCUT2D eigenvalue weighted by atomic mass is 10.1. The molecule has 0 aliphatic carbocycles. The Bertz CT molecular complexity index is 624. The maximum Gasteiger partial charge on any atom is 0.274 e. The van der Waals surface area contributed by atoms with E-state index in [-0.39, 0.29) is 24.4 Å². The molecule has 8 heteroatoms. The molecule has 3 rings (SSSR count). The van der Waals surface area contributed by atoms with Gasteiger partial charge in [-0.1, -0.05) is 6.07 Å². The first-order valence-corrected chi connectivity index (χ1v) is 8.86. The van der Waals surface area contributed by atoms with Gasteiger partial charge in [-0.2, -0.15) is 5.10 Å². The highest BCUT2D eigenvalue weighted by Gasteiger charge is 2.25. The molecule has 0 radical (unpaired) electrons. The summed E-state index contributed by atoms with van der Waals surface area (Å²) in [6, 6.07) is 5.83. The Morgan fingerprint density at radius 2 is 2.25 bits per heavy atom. The molecule has 132 valence electrons. The molecule has 24 heavy (non-hydrogen) atoms. The number of aromatic nitrogens is 2. The van der Waals surface area contributed by atoms with Gasteiger partial charge in [0.15, 0.2) is 5.69 Å². The SMILES string of the molecule is Cl.NCCCOC1CCN(C(=O)c2cc(-c3cccs3)[nH]n2)CC1. The van der Waals surface area contributed by atoms with Crippen molar-refractivity contribution in [1.82, 2.24) is 15.1 Å². The number of hydrogen-bond donors (Lipinski definition) is 2. The molecule has 2 aromatic rings. The van der Waals surface area contributed by atoms with Gasteiger partial charge in [0.1, 0.15) is 0 Å². The Morgan fingerprint density at radius 1 is 1.46 bits per heavy atom. The molecule has 1 aliphatic heterocycles. The fourth-order valence-corrected chi connectivity index (χ4v) is 3.40. The van der Waals surface area contributed by atoms with Crippen molar-refractivity contribution in [3.63, 3.8) is 0 Å². The van der Waals surface area contributed by atoms with E-state index in [1.165, 1.54) is 0 Å². The zero-order valence-corrected chi connectivity index (χ0v) is 15.1. The van der Waals surface area contributed by atoms with Crippen molar-refractivity contribution >= 4 is 29.7 Å². The number of H-pyrrole nitrogens is 1. The molecule has 3 heterocycles. The summed E-state index contributed by atoms with van der Waals surface area (Å²) in [6.07, 6.45) is 2.88. The summed E-state index contributed by atoms with van der Waals surface area (Å²) < 4.78 is 5.77. The second kappa shape index (κ2) is 9.17. The van der Waals surface area contributed by atoms with Crippen molar-refractivity contribution in [1.29, 1.82) is 0 Å². The van der Waals surface area contributed by atoms with Crippen molar-refractivity contribution in [2.24, 2.45) is 5.73 Å². The largest absolute Gasteiger partial charge is 0.378 e. The Hall–Kier alpha value is -1.41. The van der Waals surface area contributed by atoms with Crippen LogP contribution in [0.2, 0.25) is 0 Å². The lowest BCUT2D eigenvalue weighted by Gasteiger charge is -2.31. The first-order valence-electron chi connectivity index (χ1n) is 7.98. The number of nitrogens with zero attached hydrogens (tertiary/aromatic N) is 2. The van der Waals surface area contributed by atoms with E-state index < -0.39 is 0 Å². The van der Waals surface area contributed by atoms with E-state index in [1.54, 1.807) is 11.3 Å². The third-order valence-corrected chi connectivity index (χ3v) is 4.92. The average molecular weight is 371 g/mol. The Labute approximate surface area is 151 Å². The van der Waals surface area contributed by atoms with E-state index >= 15 is 0 Å². The van der Waals surface area contributed by atoms with Crippen molar-refractivity contribution < 1.29 is 9.53 Å². The van der Waals surface area contributed by atoms with Crippen LogP contribution in [0.15, 0.2) is 23.6 Å². The quantitative estimate of drug-likeness (QED) is 0.765. The minimum atomic E-state index is -0.00976. The van der Waals surface area contributed by atoms with Gasteiger partial charge in [-0.3, -0.25) is 9.89 Å². The van der Waals surface area contributed by atoms with Gasteiger partial charge in [0.25, 0.3) is 5.91 Å². The number of piperidine rings is 1. The number of ether oxygens (including phenoxy) is 1. The standard InChI is InChI=1S/C16H22N4O2S.ClH/c17-6-2-9-22-12-4-7-20(8-5-12)16(21)14-11-13(18-19-14)15-3-1-10-23-15;/h1,3,10-12H,2,4-9,17H2,(H,18,19);1H. The molecule has 1 fully saturated rings. The first-order chi connectivity index (χ1) is 11.3. The number of carbonyl (C=O) groups excluding carboxylic acids is 1. The third-order valence-electron chi connectivity index (χ3n) is 4.01. The summed E-state index contributed by atoms with van der Waals surface area (Å²) in [5, 5.41) is 9.13. The summed E-state index contributed by atoms with van der Waals surface area (Å²) in [5.41, 5.74) is 6.84. The summed E-state index contributed by atoms with van der Waals surface area (Å²) >= 11 is 1.62. The molecule has 0 aromatic carbocycles. The smallest absolute Gasteiger partial charge is 0.274 e. The van der Waals surface area contributed by atoms with Gasteiger partial charge in [0.2, 0.25) is 0 Å². The molecule has 1 amide bonds. The van der Waals surface area contributed by atoms with Gasteiger partial charge in [-0.05, 0) is 43.3 Å². The minimum absolute atomic E-state index is 0. The van der Waals surface area contributed by atoms with Crippen LogP contribution in [-0.2, 0) is 4.74 Å². The number of aromatic amines is 1. The van der Waals surface area contributed by atoms with Crippen LogP contribution in [0.4, 0.5) is 0 Å². The molecule has 1 saturated heterocycles. The number of nitrogens with one attached hydrogen (secondary N) is 1. The van der Waals surface area contributed by atoms with Crippen molar-refractivity contribution in [2.45, 2.75) is 25.4 Å². The number of nitrogens with two attached hydrogens (primary N) is 1. The molecule has 6 nitrogen and oxygen atoms in total. The van der Waals surface area contributed by atoms with Crippen LogP contribution in [0.3, 0.4) is 0 Å². The lowest BCUT2D eigenvalue weighted by molar-refractivity contribution is 0.00829. The Balaban J connectivity index is 0.00000208. The van der Waals surface area contributed by atoms with Crippen molar-refractivity contribution in [2.75, 3.05) is 26.2 Å². The van der Waals surface area contributed by atoms with E-state index in [4.69, 9.17) is 10.5 Å². The molecule has 3 N–H and O–H groups in total. The maximum atomic E-state index is 12.5. The van der Waals surface area contributed by atoms with E-state index in [1.807, 2.05) is 28.5 Å². The molecule has 0 unspecified atom stereocenters. The van der Waals surface area contributed by atoms with Gasteiger partial charge in [0, 0.05) is 19.7 Å².